The molecule has 3 rings (SSSR count). The standard InChI is InChI=1S/C20H17NO3S/c1-23-17-10-8-15(9-11-17)18-13-25-19(21-18)12-5-14-3-6-16(7-4-14)20(22)24-2/h3-13H,1-2H3/b12-5+. The third-order valence-electron chi connectivity index (χ3n) is 3.66. The molecular formula is C20H17NO3S. The maximum absolute atomic E-state index is 11.4. The van der Waals surface area contributed by atoms with Gasteiger partial charge in [0, 0.05) is 10.9 Å². The number of ether oxygens (including phenoxy) is 2. The Bertz CT molecular complexity index is 880. The van der Waals surface area contributed by atoms with Crippen LogP contribution in [0.1, 0.15) is 20.9 Å². The van der Waals surface area contributed by atoms with Gasteiger partial charge in [0.15, 0.2) is 0 Å². The fraction of sp³-hybridized carbons (Fsp3) is 0.100. The number of thiazole rings is 1. The quantitative estimate of drug-likeness (QED) is 0.621. The molecule has 0 aliphatic carbocycles. The molecule has 0 aliphatic heterocycles. The summed E-state index contributed by atoms with van der Waals surface area (Å²) in [6.07, 6.45) is 3.93. The number of carbonyl (C=O) groups is 1. The number of carbonyl (C=O) groups excluding carboxylic acids is 1. The number of aromatic nitrogens is 1. The van der Waals surface area contributed by atoms with E-state index in [0.717, 1.165) is 27.6 Å². The molecule has 0 saturated heterocycles. The van der Waals surface area contributed by atoms with E-state index < -0.39 is 0 Å². The van der Waals surface area contributed by atoms with Crippen molar-refractivity contribution in [3.05, 3.63) is 70.0 Å². The first-order chi connectivity index (χ1) is 12.2. The van der Waals surface area contributed by atoms with Gasteiger partial charge in [0.1, 0.15) is 10.8 Å². The second-order valence-electron chi connectivity index (χ2n) is 5.25. The van der Waals surface area contributed by atoms with Gasteiger partial charge in [-0.1, -0.05) is 18.2 Å². The van der Waals surface area contributed by atoms with E-state index in [1.807, 2.05) is 53.9 Å². The number of rotatable bonds is 5. The van der Waals surface area contributed by atoms with Gasteiger partial charge in [0.2, 0.25) is 0 Å². The molecule has 0 aliphatic rings. The van der Waals surface area contributed by atoms with Crippen LogP contribution in [0.25, 0.3) is 23.4 Å². The molecule has 4 nitrogen and oxygen atoms in total. The van der Waals surface area contributed by atoms with E-state index in [-0.39, 0.29) is 5.97 Å². The fourth-order valence-corrected chi connectivity index (χ4v) is 2.99. The van der Waals surface area contributed by atoms with Crippen molar-refractivity contribution in [1.29, 1.82) is 0 Å². The van der Waals surface area contributed by atoms with Gasteiger partial charge >= 0.3 is 5.97 Å². The maximum atomic E-state index is 11.4. The zero-order valence-corrected chi connectivity index (χ0v) is 14.7. The van der Waals surface area contributed by atoms with Crippen LogP contribution in [0.5, 0.6) is 5.75 Å². The average molecular weight is 351 g/mol. The summed E-state index contributed by atoms with van der Waals surface area (Å²) in [6.45, 7) is 0. The Hall–Kier alpha value is -2.92. The molecule has 1 aromatic heterocycles. The Kier molecular flexibility index (Phi) is 5.26. The molecule has 0 amide bonds. The predicted molar refractivity (Wildman–Crippen MR) is 101 cm³/mol. The molecule has 126 valence electrons. The van der Waals surface area contributed by atoms with Crippen molar-refractivity contribution in [3.63, 3.8) is 0 Å². The van der Waals surface area contributed by atoms with E-state index >= 15 is 0 Å². The van der Waals surface area contributed by atoms with Crippen LogP contribution >= 0.6 is 11.3 Å². The van der Waals surface area contributed by atoms with Crippen LogP contribution in [-0.4, -0.2) is 25.2 Å². The molecule has 0 spiro atoms. The highest BCUT2D eigenvalue weighted by Crippen LogP contribution is 2.25. The van der Waals surface area contributed by atoms with Crippen LogP contribution in [-0.2, 0) is 4.74 Å². The SMILES string of the molecule is COC(=O)c1ccc(/C=C/c2nc(-c3ccc(OC)cc3)cs2)cc1. The van der Waals surface area contributed by atoms with Crippen LogP contribution in [0.4, 0.5) is 0 Å². The van der Waals surface area contributed by atoms with E-state index in [2.05, 4.69) is 4.98 Å². The molecule has 0 fully saturated rings. The van der Waals surface area contributed by atoms with Gasteiger partial charge in [-0.15, -0.1) is 11.3 Å². The van der Waals surface area contributed by atoms with Gasteiger partial charge in [-0.05, 0) is 48.0 Å². The Balaban J connectivity index is 1.72. The fourth-order valence-electron chi connectivity index (χ4n) is 2.27. The summed E-state index contributed by atoms with van der Waals surface area (Å²) in [5.41, 5.74) is 3.53. The maximum Gasteiger partial charge on any atom is 0.337 e. The molecule has 0 radical (unpaired) electrons. The van der Waals surface area contributed by atoms with Crippen molar-refractivity contribution in [1.82, 2.24) is 4.98 Å². The summed E-state index contributed by atoms with van der Waals surface area (Å²) in [7, 11) is 3.03. The van der Waals surface area contributed by atoms with Crippen LogP contribution in [0, 0.1) is 0 Å². The lowest BCUT2D eigenvalue weighted by Crippen LogP contribution is -2.00. The van der Waals surface area contributed by atoms with Gasteiger partial charge in [0.25, 0.3) is 0 Å². The second kappa shape index (κ2) is 7.77. The van der Waals surface area contributed by atoms with Crippen LogP contribution in [0.15, 0.2) is 53.9 Å². The molecule has 0 unspecified atom stereocenters. The van der Waals surface area contributed by atoms with Gasteiger partial charge in [-0.25, -0.2) is 9.78 Å². The van der Waals surface area contributed by atoms with Crippen LogP contribution in [0.3, 0.4) is 0 Å². The minimum Gasteiger partial charge on any atom is -0.497 e. The average Bonchev–Trinajstić information content (AvgIpc) is 3.15. The summed E-state index contributed by atoms with van der Waals surface area (Å²) in [5, 5.41) is 2.95. The molecule has 0 N–H and O–H groups in total. The first-order valence-electron chi connectivity index (χ1n) is 7.66. The van der Waals surface area contributed by atoms with E-state index in [1.165, 1.54) is 7.11 Å². The lowest BCUT2D eigenvalue weighted by molar-refractivity contribution is 0.0600. The summed E-state index contributed by atoms with van der Waals surface area (Å²) in [5.74, 6) is 0.495. The van der Waals surface area contributed by atoms with Crippen molar-refractivity contribution < 1.29 is 14.3 Å². The number of hydrogen-bond acceptors (Lipinski definition) is 5. The van der Waals surface area contributed by atoms with Crippen molar-refractivity contribution in [2.24, 2.45) is 0 Å². The number of hydrogen-bond donors (Lipinski definition) is 0. The van der Waals surface area contributed by atoms with E-state index in [0.29, 0.717) is 5.56 Å². The molecule has 0 atom stereocenters. The Morgan fingerprint density at radius 1 is 1.00 bits per heavy atom. The minimum absolute atomic E-state index is 0.334. The predicted octanol–water partition coefficient (Wildman–Crippen LogP) is 4.78. The summed E-state index contributed by atoms with van der Waals surface area (Å²) in [6, 6.07) is 15.1. The number of benzene rings is 2. The highest BCUT2D eigenvalue weighted by Gasteiger charge is 2.04. The molecule has 0 saturated carbocycles. The first kappa shape index (κ1) is 16.9. The van der Waals surface area contributed by atoms with Crippen molar-refractivity contribution in [2.75, 3.05) is 14.2 Å². The Labute approximate surface area is 150 Å². The third kappa shape index (κ3) is 4.14. The van der Waals surface area contributed by atoms with Gasteiger partial charge in [0.05, 0.1) is 25.5 Å². The van der Waals surface area contributed by atoms with Crippen molar-refractivity contribution in [3.8, 4) is 17.0 Å². The molecule has 3 aromatic rings. The lowest BCUT2D eigenvalue weighted by Gasteiger charge is -2.00. The summed E-state index contributed by atoms with van der Waals surface area (Å²) >= 11 is 1.58. The van der Waals surface area contributed by atoms with Crippen molar-refractivity contribution >= 4 is 29.5 Å². The first-order valence-corrected chi connectivity index (χ1v) is 8.54. The zero-order chi connectivity index (χ0) is 17.6. The van der Waals surface area contributed by atoms with Gasteiger partial charge in [-0.3, -0.25) is 0 Å². The normalized spacial score (nSPS) is 10.8. The van der Waals surface area contributed by atoms with E-state index in [1.54, 1.807) is 30.6 Å². The topological polar surface area (TPSA) is 48.4 Å². The Morgan fingerprint density at radius 3 is 2.36 bits per heavy atom. The summed E-state index contributed by atoms with van der Waals surface area (Å²) in [4.78, 5) is 16.1. The molecule has 0 bridgehead atoms. The number of esters is 1. The number of methoxy groups -OCH3 is 2. The Morgan fingerprint density at radius 2 is 1.72 bits per heavy atom. The second-order valence-corrected chi connectivity index (χ2v) is 6.14. The van der Waals surface area contributed by atoms with Crippen molar-refractivity contribution in [2.45, 2.75) is 0 Å². The lowest BCUT2D eigenvalue weighted by atomic mass is 10.1. The zero-order valence-electron chi connectivity index (χ0n) is 13.9. The van der Waals surface area contributed by atoms with Crippen LogP contribution < -0.4 is 4.74 Å². The van der Waals surface area contributed by atoms with Crippen LogP contribution in [0.2, 0.25) is 0 Å². The number of nitrogens with zero attached hydrogens (tertiary/aromatic N) is 1. The molecule has 2 aromatic carbocycles. The van der Waals surface area contributed by atoms with E-state index in [9.17, 15) is 4.79 Å². The largest absolute Gasteiger partial charge is 0.497 e. The minimum atomic E-state index is -0.334. The smallest absolute Gasteiger partial charge is 0.337 e. The third-order valence-corrected chi connectivity index (χ3v) is 4.47. The highest BCUT2D eigenvalue weighted by molar-refractivity contribution is 7.10. The molecular weight excluding hydrogens is 334 g/mol. The molecule has 5 heteroatoms. The molecule has 25 heavy (non-hydrogen) atoms. The molecule has 1 heterocycles. The van der Waals surface area contributed by atoms with Gasteiger partial charge in [-0.2, -0.15) is 0 Å². The summed E-state index contributed by atoms with van der Waals surface area (Å²) < 4.78 is 9.86. The van der Waals surface area contributed by atoms with Gasteiger partial charge < -0.3 is 9.47 Å². The monoisotopic (exact) mass is 351 g/mol. The highest BCUT2D eigenvalue weighted by atomic mass is 32.1. The van der Waals surface area contributed by atoms with E-state index in [4.69, 9.17) is 9.47 Å².